The molecule has 0 fully saturated rings. The van der Waals surface area contributed by atoms with Crippen LogP contribution in [0.5, 0.6) is 5.75 Å². The highest BCUT2D eigenvalue weighted by molar-refractivity contribution is 9.10. The van der Waals surface area contributed by atoms with Gasteiger partial charge in [0.05, 0.1) is 29.5 Å². The van der Waals surface area contributed by atoms with Gasteiger partial charge in [-0.05, 0) is 29.8 Å². The third-order valence-electron chi connectivity index (χ3n) is 3.51. The van der Waals surface area contributed by atoms with Crippen molar-refractivity contribution in [3.05, 3.63) is 52.5 Å². The number of fused-ring (bicyclic) bond motifs is 1. The first-order valence-electron chi connectivity index (χ1n) is 6.43. The van der Waals surface area contributed by atoms with E-state index < -0.39 is 9.84 Å². The van der Waals surface area contributed by atoms with Gasteiger partial charge >= 0.3 is 0 Å². The van der Waals surface area contributed by atoms with Gasteiger partial charge in [0.1, 0.15) is 5.75 Å². The number of anilines is 1. The number of rotatable bonds is 3. The molecule has 0 aromatic heterocycles. The Bertz CT molecular complexity index is 789. The number of nitrogens with one attached hydrogen (secondary N) is 1. The van der Waals surface area contributed by atoms with Crippen LogP contribution >= 0.6 is 15.9 Å². The Morgan fingerprint density at radius 2 is 2.00 bits per heavy atom. The molecule has 4 nitrogen and oxygen atoms in total. The van der Waals surface area contributed by atoms with Gasteiger partial charge in [-0.25, -0.2) is 8.42 Å². The zero-order chi connectivity index (χ0) is 15.0. The molecule has 2 aromatic carbocycles. The zero-order valence-electron chi connectivity index (χ0n) is 11.3. The van der Waals surface area contributed by atoms with E-state index in [1.54, 1.807) is 19.2 Å². The van der Waals surface area contributed by atoms with Crippen LogP contribution in [-0.4, -0.2) is 21.3 Å². The van der Waals surface area contributed by atoms with Crippen molar-refractivity contribution < 1.29 is 13.2 Å². The smallest absolute Gasteiger partial charge is 0.181 e. The summed E-state index contributed by atoms with van der Waals surface area (Å²) < 4.78 is 30.6. The molecular weight excluding hydrogens is 354 g/mol. The first-order valence-corrected chi connectivity index (χ1v) is 8.87. The second-order valence-electron chi connectivity index (χ2n) is 4.86. The van der Waals surface area contributed by atoms with E-state index in [2.05, 4.69) is 21.2 Å². The van der Waals surface area contributed by atoms with Crippen LogP contribution in [0, 0.1) is 0 Å². The number of ether oxygens (including phenoxy) is 1. The Labute approximate surface area is 132 Å². The van der Waals surface area contributed by atoms with Gasteiger partial charge in [-0.1, -0.05) is 34.1 Å². The van der Waals surface area contributed by atoms with E-state index in [1.165, 1.54) is 0 Å². The van der Waals surface area contributed by atoms with Gasteiger partial charge in [0, 0.05) is 4.47 Å². The molecule has 21 heavy (non-hydrogen) atoms. The van der Waals surface area contributed by atoms with Crippen molar-refractivity contribution in [3.63, 3.8) is 0 Å². The summed E-state index contributed by atoms with van der Waals surface area (Å²) in [6, 6.07) is 12.4. The van der Waals surface area contributed by atoms with Crippen molar-refractivity contribution in [3.8, 4) is 5.75 Å². The molecule has 0 saturated carbocycles. The van der Waals surface area contributed by atoms with Crippen LogP contribution in [0.2, 0.25) is 0 Å². The molecular formula is C15H14BrNO3S. The minimum Gasteiger partial charge on any atom is -0.495 e. The summed E-state index contributed by atoms with van der Waals surface area (Å²) in [6.07, 6.45) is 0. The summed E-state index contributed by atoms with van der Waals surface area (Å²) in [6.45, 7) is 0. The molecule has 0 amide bonds. The van der Waals surface area contributed by atoms with Gasteiger partial charge in [-0.15, -0.1) is 0 Å². The van der Waals surface area contributed by atoms with Crippen LogP contribution in [0.3, 0.4) is 0 Å². The fourth-order valence-corrected chi connectivity index (χ4v) is 4.65. The van der Waals surface area contributed by atoms with Gasteiger partial charge in [-0.3, -0.25) is 0 Å². The zero-order valence-corrected chi connectivity index (χ0v) is 13.7. The second-order valence-corrected chi connectivity index (χ2v) is 7.78. The molecule has 0 aliphatic carbocycles. The Balaban J connectivity index is 1.99. The maximum atomic E-state index is 12.2. The van der Waals surface area contributed by atoms with E-state index in [4.69, 9.17) is 4.74 Å². The molecule has 3 rings (SSSR count). The van der Waals surface area contributed by atoms with Crippen molar-refractivity contribution in [2.45, 2.75) is 10.9 Å². The van der Waals surface area contributed by atoms with E-state index in [1.807, 2.05) is 30.3 Å². The van der Waals surface area contributed by atoms with Gasteiger partial charge in [-0.2, -0.15) is 0 Å². The van der Waals surface area contributed by atoms with Crippen LogP contribution in [0.1, 0.15) is 11.6 Å². The van der Waals surface area contributed by atoms with Gasteiger partial charge in [0.15, 0.2) is 9.84 Å². The number of methoxy groups -OCH3 is 1. The summed E-state index contributed by atoms with van der Waals surface area (Å²) in [5.74, 6) is 0.738. The molecule has 0 spiro atoms. The number of hydrogen-bond acceptors (Lipinski definition) is 4. The van der Waals surface area contributed by atoms with Crippen LogP contribution in [0.25, 0.3) is 0 Å². The van der Waals surface area contributed by atoms with Gasteiger partial charge < -0.3 is 10.1 Å². The maximum Gasteiger partial charge on any atom is 0.181 e. The lowest BCUT2D eigenvalue weighted by Crippen LogP contribution is -2.13. The van der Waals surface area contributed by atoms with E-state index in [9.17, 15) is 8.42 Å². The molecule has 1 N–H and O–H groups in total. The van der Waals surface area contributed by atoms with Crippen molar-refractivity contribution in [1.82, 2.24) is 0 Å². The standard InChI is InChI=1S/C15H14BrNO3S/c1-20-14-7-6-10(16)8-12(14)17-13-9-21(18,19)15-5-3-2-4-11(13)15/h2-8,13,17H,9H2,1H3. The maximum absolute atomic E-state index is 12.2. The first-order chi connectivity index (χ1) is 10.0. The molecule has 1 heterocycles. The number of halogens is 1. The molecule has 1 aliphatic rings. The highest BCUT2D eigenvalue weighted by Crippen LogP contribution is 2.38. The number of sulfone groups is 1. The van der Waals surface area contributed by atoms with Gasteiger partial charge in [0.25, 0.3) is 0 Å². The quantitative estimate of drug-likeness (QED) is 0.902. The minimum absolute atomic E-state index is 0.0576. The van der Waals surface area contributed by atoms with Crippen molar-refractivity contribution >= 4 is 31.5 Å². The fourth-order valence-electron chi connectivity index (χ4n) is 2.55. The van der Waals surface area contributed by atoms with E-state index in [-0.39, 0.29) is 11.8 Å². The molecule has 110 valence electrons. The lowest BCUT2D eigenvalue weighted by molar-refractivity contribution is 0.416. The number of hydrogen-bond donors (Lipinski definition) is 1. The number of benzene rings is 2. The average Bonchev–Trinajstić information content (AvgIpc) is 2.71. The summed E-state index contributed by atoms with van der Waals surface area (Å²) in [5, 5.41) is 3.28. The highest BCUT2D eigenvalue weighted by atomic mass is 79.9. The van der Waals surface area contributed by atoms with Crippen LogP contribution < -0.4 is 10.1 Å². The molecule has 1 unspecified atom stereocenters. The Hall–Kier alpha value is -1.53. The van der Waals surface area contributed by atoms with Crippen molar-refractivity contribution in [2.75, 3.05) is 18.2 Å². The molecule has 1 aliphatic heterocycles. The molecule has 0 bridgehead atoms. The lowest BCUT2D eigenvalue weighted by atomic mass is 10.1. The third kappa shape index (κ3) is 2.65. The monoisotopic (exact) mass is 367 g/mol. The lowest BCUT2D eigenvalue weighted by Gasteiger charge is -2.17. The summed E-state index contributed by atoms with van der Waals surface area (Å²) >= 11 is 3.42. The van der Waals surface area contributed by atoms with Crippen molar-refractivity contribution in [1.29, 1.82) is 0 Å². The van der Waals surface area contributed by atoms with Gasteiger partial charge in [0.2, 0.25) is 0 Å². The van der Waals surface area contributed by atoms with E-state index in [0.717, 1.165) is 15.7 Å². The first kappa shape index (κ1) is 14.4. The summed E-state index contributed by atoms with van der Waals surface area (Å²) in [7, 11) is -1.63. The SMILES string of the molecule is COc1ccc(Br)cc1NC1CS(=O)(=O)c2ccccc21. The fraction of sp³-hybridized carbons (Fsp3) is 0.200. The highest BCUT2D eigenvalue weighted by Gasteiger charge is 2.34. The Kier molecular flexibility index (Phi) is 3.67. The second kappa shape index (κ2) is 5.35. The largest absolute Gasteiger partial charge is 0.495 e. The predicted molar refractivity (Wildman–Crippen MR) is 85.6 cm³/mol. The van der Waals surface area contributed by atoms with Crippen molar-refractivity contribution in [2.24, 2.45) is 0 Å². The van der Waals surface area contributed by atoms with E-state index >= 15 is 0 Å². The van der Waals surface area contributed by atoms with Crippen LogP contribution in [-0.2, 0) is 9.84 Å². The normalized spacial score (nSPS) is 19.0. The minimum atomic E-state index is -3.22. The summed E-state index contributed by atoms with van der Waals surface area (Å²) in [5.41, 5.74) is 1.57. The molecule has 1 atom stereocenters. The van der Waals surface area contributed by atoms with E-state index in [0.29, 0.717) is 10.6 Å². The van der Waals surface area contributed by atoms with Crippen LogP contribution in [0.15, 0.2) is 51.8 Å². The average molecular weight is 368 g/mol. The Morgan fingerprint density at radius 3 is 2.76 bits per heavy atom. The summed E-state index contributed by atoms with van der Waals surface area (Å²) in [4.78, 5) is 0.413. The molecule has 2 aromatic rings. The molecule has 0 saturated heterocycles. The van der Waals surface area contributed by atoms with Crippen LogP contribution in [0.4, 0.5) is 5.69 Å². The predicted octanol–water partition coefficient (Wildman–Crippen LogP) is 3.40. The third-order valence-corrected chi connectivity index (χ3v) is 5.81. The molecule has 6 heteroatoms. The Morgan fingerprint density at radius 1 is 1.24 bits per heavy atom. The topological polar surface area (TPSA) is 55.4 Å². The molecule has 0 radical (unpaired) electrons.